The van der Waals surface area contributed by atoms with Crippen molar-refractivity contribution in [3.63, 3.8) is 0 Å². The summed E-state index contributed by atoms with van der Waals surface area (Å²) in [4.78, 5) is 33.9. The Hall–Kier alpha value is -3.33. The standard InChI is InChI=1S/C23H29N6O3/c1-14-7-8-15(2)18(11-14)13-28-19-20(24-22(28)29-17(4)12-16(3)25-29)26(5)23(31)27(21(19)30)9-10-32-6/h7-8,11-12,19H,9-10,13H2,1-6H3/q+1. The molecule has 9 nitrogen and oxygen atoms in total. The van der Waals surface area contributed by atoms with Gasteiger partial charge in [0.15, 0.2) is 0 Å². The third-order valence-corrected chi connectivity index (χ3v) is 5.95. The largest absolute Gasteiger partial charge is 0.421 e. The number of benzene rings is 1. The smallest absolute Gasteiger partial charge is 0.383 e. The molecule has 2 aliphatic rings. The molecular weight excluding hydrogens is 408 g/mol. The number of fused-ring (bicyclic) bond motifs is 1. The molecule has 0 spiro atoms. The van der Waals surface area contributed by atoms with Crippen molar-refractivity contribution in [2.24, 2.45) is 4.99 Å². The van der Waals surface area contributed by atoms with Crippen molar-refractivity contribution in [2.75, 3.05) is 27.3 Å². The number of aryl methyl sites for hydroxylation is 4. The summed E-state index contributed by atoms with van der Waals surface area (Å²) in [5.74, 6) is 0.658. The zero-order valence-corrected chi connectivity index (χ0v) is 19.4. The van der Waals surface area contributed by atoms with Gasteiger partial charge in [-0.3, -0.25) is 14.6 Å². The molecule has 2 aliphatic heterocycles. The molecule has 2 aromatic rings. The fourth-order valence-electron chi connectivity index (χ4n) is 4.21. The Kier molecular flexibility index (Phi) is 5.68. The van der Waals surface area contributed by atoms with E-state index in [2.05, 4.69) is 30.2 Å². The van der Waals surface area contributed by atoms with Crippen LogP contribution in [0.4, 0.5) is 4.79 Å². The number of methoxy groups -OCH3 is 1. The SMILES string of the molecule is COCCN1C(=O)C2C(=NC(n3nc(C)cc3C)=[N+]2Cc2cc(C)ccc2C)N(C)C1=O. The Morgan fingerprint density at radius 1 is 1.12 bits per heavy atom. The highest BCUT2D eigenvalue weighted by atomic mass is 16.5. The molecule has 0 N–H and O–H groups in total. The molecular formula is C23H29N6O3+. The average Bonchev–Trinajstić information content (AvgIpc) is 3.28. The molecule has 9 heteroatoms. The number of hydrogen-bond acceptors (Lipinski definition) is 5. The van der Waals surface area contributed by atoms with Crippen LogP contribution in [0.1, 0.15) is 28.1 Å². The number of hydrogen-bond donors (Lipinski definition) is 0. The maximum Gasteiger partial charge on any atom is 0.421 e. The molecule has 0 saturated carbocycles. The number of aromatic nitrogens is 2. The Bertz CT molecular complexity index is 1160. The van der Waals surface area contributed by atoms with Gasteiger partial charge in [0.25, 0.3) is 5.91 Å². The molecule has 1 saturated heterocycles. The lowest BCUT2D eigenvalue weighted by molar-refractivity contribution is -0.553. The van der Waals surface area contributed by atoms with Gasteiger partial charge in [-0.2, -0.15) is 0 Å². The van der Waals surface area contributed by atoms with Crippen molar-refractivity contribution in [3.05, 3.63) is 52.3 Å². The van der Waals surface area contributed by atoms with Gasteiger partial charge in [0.05, 0.1) is 25.4 Å². The topological polar surface area (TPSA) is 83.0 Å². The highest BCUT2D eigenvalue weighted by molar-refractivity contribution is 6.23. The maximum absolute atomic E-state index is 13.5. The minimum absolute atomic E-state index is 0.189. The lowest BCUT2D eigenvalue weighted by Gasteiger charge is -2.34. The molecule has 3 heterocycles. The number of likely N-dealkylation sites (N-methyl/N-ethyl adjacent to an activating group) is 1. The van der Waals surface area contributed by atoms with E-state index < -0.39 is 12.1 Å². The van der Waals surface area contributed by atoms with Crippen LogP contribution in [0.25, 0.3) is 0 Å². The van der Waals surface area contributed by atoms with Gasteiger partial charge < -0.3 is 4.74 Å². The number of rotatable bonds is 5. The summed E-state index contributed by atoms with van der Waals surface area (Å²) < 4.78 is 8.81. The first-order chi connectivity index (χ1) is 15.2. The Balaban J connectivity index is 1.86. The van der Waals surface area contributed by atoms with Crippen LogP contribution in [0.3, 0.4) is 0 Å². The van der Waals surface area contributed by atoms with Gasteiger partial charge in [-0.1, -0.05) is 28.8 Å². The van der Waals surface area contributed by atoms with Gasteiger partial charge in [0, 0.05) is 14.2 Å². The van der Waals surface area contributed by atoms with Crippen molar-refractivity contribution < 1.29 is 18.9 Å². The Morgan fingerprint density at radius 3 is 2.53 bits per heavy atom. The highest BCUT2D eigenvalue weighted by Crippen LogP contribution is 2.24. The number of aliphatic imine (C=N–C) groups is 1. The van der Waals surface area contributed by atoms with E-state index in [9.17, 15) is 9.59 Å². The zero-order valence-electron chi connectivity index (χ0n) is 19.4. The number of nitrogens with zero attached hydrogens (tertiary/aromatic N) is 6. The molecule has 0 aliphatic carbocycles. The molecule has 1 aromatic carbocycles. The van der Waals surface area contributed by atoms with E-state index in [-0.39, 0.29) is 19.1 Å². The van der Waals surface area contributed by atoms with Gasteiger partial charge in [0.2, 0.25) is 11.9 Å². The van der Waals surface area contributed by atoms with Crippen LogP contribution in [-0.4, -0.2) is 81.2 Å². The normalized spacial score (nSPS) is 18.6. The molecule has 4 rings (SSSR count). The first-order valence-corrected chi connectivity index (χ1v) is 10.6. The Morgan fingerprint density at radius 2 is 1.88 bits per heavy atom. The van der Waals surface area contributed by atoms with Crippen LogP contribution in [0, 0.1) is 27.7 Å². The first-order valence-electron chi connectivity index (χ1n) is 10.6. The molecule has 3 amide bonds. The van der Waals surface area contributed by atoms with Gasteiger partial charge in [-0.25, -0.2) is 9.37 Å². The number of amidine groups is 1. The van der Waals surface area contributed by atoms with Crippen molar-refractivity contribution in [1.82, 2.24) is 19.6 Å². The summed E-state index contributed by atoms with van der Waals surface area (Å²) in [6.45, 7) is 8.90. The van der Waals surface area contributed by atoms with Gasteiger partial charge >= 0.3 is 12.0 Å². The molecule has 1 fully saturated rings. The summed E-state index contributed by atoms with van der Waals surface area (Å²) in [6.07, 6.45) is 0. The first kappa shape index (κ1) is 21.9. The van der Waals surface area contributed by atoms with E-state index in [1.807, 2.05) is 31.4 Å². The van der Waals surface area contributed by atoms with Crippen LogP contribution in [0.5, 0.6) is 0 Å². The van der Waals surface area contributed by atoms with Crippen LogP contribution >= 0.6 is 0 Å². The van der Waals surface area contributed by atoms with Gasteiger partial charge in [0.1, 0.15) is 5.69 Å². The van der Waals surface area contributed by atoms with Crippen molar-refractivity contribution in [1.29, 1.82) is 0 Å². The minimum Gasteiger partial charge on any atom is -0.383 e. The maximum atomic E-state index is 13.5. The van der Waals surface area contributed by atoms with Crippen molar-refractivity contribution >= 4 is 23.7 Å². The van der Waals surface area contributed by atoms with Crippen LogP contribution in [0.2, 0.25) is 0 Å². The van der Waals surface area contributed by atoms with Crippen LogP contribution < -0.4 is 0 Å². The molecule has 32 heavy (non-hydrogen) atoms. The molecule has 1 aromatic heterocycles. The van der Waals surface area contributed by atoms with Gasteiger partial charge in [-0.05, 0) is 44.9 Å². The number of ether oxygens (including phenoxy) is 1. The summed E-state index contributed by atoms with van der Waals surface area (Å²) in [6, 6.07) is 7.12. The van der Waals surface area contributed by atoms with Crippen molar-refractivity contribution in [2.45, 2.75) is 40.3 Å². The average molecular weight is 438 g/mol. The number of carbonyl (C=O) groups excluding carboxylic acids is 2. The quantitative estimate of drug-likeness (QED) is 0.669. The third kappa shape index (κ3) is 3.62. The predicted molar refractivity (Wildman–Crippen MR) is 120 cm³/mol. The fourth-order valence-corrected chi connectivity index (χ4v) is 4.21. The van der Waals surface area contributed by atoms with E-state index >= 15 is 0 Å². The second-order valence-corrected chi connectivity index (χ2v) is 8.39. The molecule has 168 valence electrons. The highest BCUT2D eigenvalue weighted by Gasteiger charge is 2.53. The lowest BCUT2D eigenvalue weighted by Crippen LogP contribution is -2.63. The number of carbonyl (C=O) groups is 2. The summed E-state index contributed by atoms with van der Waals surface area (Å²) in [7, 11) is 3.20. The molecule has 1 unspecified atom stereocenters. The second-order valence-electron chi connectivity index (χ2n) is 8.39. The summed E-state index contributed by atoms with van der Waals surface area (Å²) in [5.41, 5.74) is 5.12. The molecule has 0 radical (unpaired) electrons. The summed E-state index contributed by atoms with van der Waals surface area (Å²) in [5, 5.41) is 4.60. The minimum atomic E-state index is -0.714. The summed E-state index contributed by atoms with van der Waals surface area (Å²) >= 11 is 0. The zero-order chi connectivity index (χ0) is 23.2. The van der Waals surface area contributed by atoms with E-state index in [1.54, 1.807) is 18.8 Å². The molecule has 0 bridgehead atoms. The molecule has 1 atom stereocenters. The van der Waals surface area contributed by atoms with Gasteiger partial charge in [-0.15, -0.1) is 9.78 Å². The lowest BCUT2D eigenvalue weighted by atomic mass is 10.0. The number of urea groups is 1. The monoisotopic (exact) mass is 437 g/mol. The van der Waals surface area contributed by atoms with Crippen molar-refractivity contribution in [3.8, 4) is 0 Å². The van der Waals surface area contributed by atoms with Crippen LogP contribution in [-0.2, 0) is 16.1 Å². The predicted octanol–water partition coefficient (Wildman–Crippen LogP) is 1.85. The fraction of sp³-hybridized carbons (Fsp3) is 0.435. The second kappa shape index (κ2) is 8.31. The van der Waals surface area contributed by atoms with E-state index in [0.717, 1.165) is 28.1 Å². The Labute approximate surface area is 187 Å². The van der Waals surface area contributed by atoms with Crippen LogP contribution in [0.15, 0.2) is 29.3 Å². The van der Waals surface area contributed by atoms with E-state index in [4.69, 9.17) is 9.73 Å². The van der Waals surface area contributed by atoms with E-state index in [0.29, 0.717) is 18.3 Å². The van der Waals surface area contributed by atoms with E-state index in [1.165, 1.54) is 9.80 Å². The third-order valence-electron chi connectivity index (χ3n) is 5.95. The number of imide groups is 1. The number of amides is 3.